The fourth-order valence-electron chi connectivity index (χ4n) is 1.76. The van der Waals surface area contributed by atoms with Gasteiger partial charge in [0, 0.05) is 11.9 Å². The van der Waals surface area contributed by atoms with Gasteiger partial charge in [0.2, 0.25) is 5.91 Å². The van der Waals surface area contributed by atoms with Crippen LogP contribution in [0.4, 0.5) is 18.9 Å². The van der Waals surface area contributed by atoms with E-state index < -0.39 is 12.4 Å². The molecule has 1 aromatic carbocycles. The number of anilines is 1. The first kappa shape index (κ1) is 17.3. The molecule has 1 amide bonds. The second kappa shape index (κ2) is 6.61. The van der Waals surface area contributed by atoms with Crippen molar-refractivity contribution in [3.05, 3.63) is 40.6 Å². The normalized spacial score (nSPS) is 12.8. The SMILES string of the molecule is Cc1nn(C(C)C(=O)Nc2ccc(OC(F)(F)F)cc2)cc1Br. The summed E-state index contributed by atoms with van der Waals surface area (Å²) in [6.07, 6.45) is -3.07. The molecule has 23 heavy (non-hydrogen) atoms. The topological polar surface area (TPSA) is 56.2 Å². The number of nitrogens with one attached hydrogen (secondary N) is 1. The highest BCUT2D eigenvalue weighted by Crippen LogP contribution is 2.24. The van der Waals surface area contributed by atoms with Gasteiger partial charge in [-0.05, 0) is 54.0 Å². The Morgan fingerprint density at radius 1 is 1.35 bits per heavy atom. The molecule has 124 valence electrons. The summed E-state index contributed by atoms with van der Waals surface area (Å²) in [7, 11) is 0. The predicted octanol–water partition coefficient (Wildman–Crippen LogP) is 4.05. The van der Waals surface area contributed by atoms with E-state index in [1.165, 1.54) is 16.8 Å². The molecule has 0 aliphatic heterocycles. The molecule has 0 radical (unpaired) electrons. The quantitative estimate of drug-likeness (QED) is 0.854. The minimum Gasteiger partial charge on any atom is -0.406 e. The Morgan fingerprint density at radius 2 is 1.96 bits per heavy atom. The molecule has 9 heteroatoms. The second-order valence-electron chi connectivity index (χ2n) is 4.78. The summed E-state index contributed by atoms with van der Waals surface area (Å²) < 4.78 is 42.3. The smallest absolute Gasteiger partial charge is 0.406 e. The third-order valence-corrected chi connectivity index (χ3v) is 3.77. The lowest BCUT2D eigenvalue weighted by Gasteiger charge is -2.13. The van der Waals surface area contributed by atoms with E-state index in [0.717, 1.165) is 22.3 Å². The lowest BCUT2D eigenvalue weighted by atomic mass is 10.2. The molecule has 1 heterocycles. The van der Waals surface area contributed by atoms with Gasteiger partial charge in [0.15, 0.2) is 0 Å². The summed E-state index contributed by atoms with van der Waals surface area (Å²) in [5.41, 5.74) is 1.11. The van der Waals surface area contributed by atoms with Crippen LogP contribution in [-0.4, -0.2) is 22.1 Å². The minimum absolute atomic E-state index is 0.343. The first-order valence-corrected chi connectivity index (χ1v) is 7.33. The molecule has 0 bridgehead atoms. The van der Waals surface area contributed by atoms with Crippen molar-refractivity contribution in [1.29, 1.82) is 0 Å². The average molecular weight is 392 g/mol. The third kappa shape index (κ3) is 4.72. The van der Waals surface area contributed by atoms with Gasteiger partial charge >= 0.3 is 6.36 Å². The fourth-order valence-corrected chi connectivity index (χ4v) is 2.05. The van der Waals surface area contributed by atoms with Gasteiger partial charge in [-0.2, -0.15) is 5.10 Å². The van der Waals surface area contributed by atoms with Crippen molar-refractivity contribution in [2.24, 2.45) is 0 Å². The van der Waals surface area contributed by atoms with Crippen molar-refractivity contribution < 1.29 is 22.7 Å². The third-order valence-electron chi connectivity index (χ3n) is 2.99. The molecule has 0 aliphatic rings. The molecular weight excluding hydrogens is 379 g/mol. The van der Waals surface area contributed by atoms with Crippen LogP contribution in [0.2, 0.25) is 0 Å². The van der Waals surface area contributed by atoms with E-state index in [2.05, 4.69) is 31.1 Å². The average Bonchev–Trinajstić information content (AvgIpc) is 2.78. The Balaban J connectivity index is 2.02. The van der Waals surface area contributed by atoms with E-state index in [1.807, 2.05) is 0 Å². The van der Waals surface area contributed by atoms with E-state index >= 15 is 0 Å². The maximum atomic E-state index is 12.1. The second-order valence-corrected chi connectivity index (χ2v) is 5.63. The number of hydrogen-bond acceptors (Lipinski definition) is 3. The van der Waals surface area contributed by atoms with Gasteiger partial charge in [-0.25, -0.2) is 0 Å². The molecule has 0 spiro atoms. The van der Waals surface area contributed by atoms with Crippen LogP contribution >= 0.6 is 15.9 Å². The summed E-state index contributed by atoms with van der Waals surface area (Å²) in [6, 6.07) is 4.34. The highest BCUT2D eigenvalue weighted by atomic mass is 79.9. The van der Waals surface area contributed by atoms with Crippen molar-refractivity contribution in [2.75, 3.05) is 5.32 Å². The molecule has 0 saturated carbocycles. The number of hydrogen-bond donors (Lipinski definition) is 1. The van der Waals surface area contributed by atoms with E-state index in [1.54, 1.807) is 20.0 Å². The summed E-state index contributed by atoms with van der Waals surface area (Å²) in [4.78, 5) is 12.1. The number of halogens is 4. The minimum atomic E-state index is -4.75. The van der Waals surface area contributed by atoms with Gasteiger partial charge < -0.3 is 10.1 Å². The summed E-state index contributed by atoms with van der Waals surface area (Å²) in [5, 5.41) is 6.80. The Bertz CT molecular complexity index is 679. The van der Waals surface area contributed by atoms with Crippen molar-refractivity contribution in [2.45, 2.75) is 26.3 Å². The van der Waals surface area contributed by atoms with E-state index in [4.69, 9.17) is 0 Å². The maximum Gasteiger partial charge on any atom is 0.573 e. The van der Waals surface area contributed by atoms with E-state index in [-0.39, 0.29) is 11.7 Å². The van der Waals surface area contributed by atoms with Crippen LogP contribution in [0.3, 0.4) is 0 Å². The van der Waals surface area contributed by atoms with Gasteiger partial charge in [0.25, 0.3) is 0 Å². The van der Waals surface area contributed by atoms with Crippen LogP contribution in [0, 0.1) is 6.92 Å². The number of aryl methyl sites for hydroxylation is 1. The molecule has 2 aromatic rings. The number of rotatable bonds is 4. The lowest BCUT2D eigenvalue weighted by molar-refractivity contribution is -0.274. The Labute approximate surface area is 138 Å². The Hall–Kier alpha value is -2.03. The van der Waals surface area contributed by atoms with Crippen LogP contribution in [0.25, 0.3) is 0 Å². The van der Waals surface area contributed by atoms with Crippen LogP contribution in [0.15, 0.2) is 34.9 Å². The fraction of sp³-hybridized carbons (Fsp3) is 0.286. The van der Waals surface area contributed by atoms with Gasteiger partial charge in [-0.3, -0.25) is 9.48 Å². The Morgan fingerprint density at radius 3 is 2.43 bits per heavy atom. The number of aromatic nitrogens is 2. The Kier molecular flexibility index (Phi) is 4.98. The van der Waals surface area contributed by atoms with Gasteiger partial charge in [-0.15, -0.1) is 13.2 Å². The number of carbonyl (C=O) groups excluding carboxylic acids is 1. The summed E-state index contributed by atoms with van der Waals surface area (Å²) in [5.74, 6) is -0.695. The monoisotopic (exact) mass is 391 g/mol. The predicted molar refractivity (Wildman–Crippen MR) is 81.1 cm³/mol. The van der Waals surface area contributed by atoms with Crippen LogP contribution in [0.5, 0.6) is 5.75 Å². The molecule has 2 rings (SSSR count). The molecule has 5 nitrogen and oxygen atoms in total. The van der Waals surface area contributed by atoms with Crippen molar-refractivity contribution in [1.82, 2.24) is 9.78 Å². The first-order valence-electron chi connectivity index (χ1n) is 6.53. The molecule has 1 atom stereocenters. The molecule has 0 saturated heterocycles. The van der Waals surface area contributed by atoms with Crippen LogP contribution < -0.4 is 10.1 Å². The van der Waals surface area contributed by atoms with Gasteiger partial charge in [-0.1, -0.05) is 0 Å². The number of amides is 1. The van der Waals surface area contributed by atoms with Gasteiger partial charge in [0.05, 0.1) is 10.2 Å². The zero-order valence-corrected chi connectivity index (χ0v) is 13.8. The first-order chi connectivity index (χ1) is 10.7. The van der Waals surface area contributed by atoms with Gasteiger partial charge in [0.1, 0.15) is 11.8 Å². The lowest BCUT2D eigenvalue weighted by Crippen LogP contribution is -2.24. The zero-order valence-electron chi connectivity index (χ0n) is 12.2. The summed E-state index contributed by atoms with van der Waals surface area (Å²) >= 11 is 3.31. The van der Waals surface area contributed by atoms with Crippen LogP contribution in [0.1, 0.15) is 18.7 Å². The molecule has 1 N–H and O–H groups in total. The van der Waals surface area contributed by atoms with Crippen molar-refractivity contribution in [3.8, 4) is 5.75 Å². The van der Waals surface area contributed by atoms with Crippen LogP contribution in [-0.2, 0) is 4.79 Å². The van der Waals surface area contributed by atoms with Crippen molar-refractivity contribution in [3.63, 3.8) is 0 Å². The molecule has 0 aliphatic carbocycles. The highest BCUT2D eigenvalue weighted by Gasteiger charge is 2.31. The van der Waals surface area contributed by atoms with E-state index in [9.17, 15) is 18.0 Å². The molecule has 1 unspecified atom stereocenters. The number of alkyl halides is 3. The number of ether oxygens (including phenoxy) is 1. The maximum absolute atomic E-state index is 12.1. The highest BCUT2D eigenvalue weighted by molar-refractivity contribution is 9.10. The largest absolute Gasteiger partial charge is 0.573 e. The number of nitrogens with zero attached hydrogens (tertiary/aromatic N) is 2. The van der Waals surface area contributed by atoms with Crippen molar-refractivity contribution >= 4 is 27.5 Å². The molecule has 1 aromatic heterocycles. The molecule has 0 fully saturated rings. The zero-order chi connectivity index (χ0) is 17.2. The van der Waals surface area contributed by atoms with E-state index in [0.29, 0.717) is 5.69 Å². The summed E-state index contributed by atoms with van der Waals surface area (Å²) in [6.45, 7) is 3.46. The standard InChI is InChI=1S/C14H13BrF3N3O2/c1-8-12(15)7-21(20-8)9(2)13(22)19-10-3-5-11(6-4-10)23-14(16,17)18/h3-7,9H,1-2H3,(H,19,22). The molecular formula is C14H13BrF3N3O2. The number of benzene rings is 1. The number of carbonyl (C=O) groups is 1.